The molecule has 0 aliphatic heterocycles. The molecule has 1 aromatic carbocycles. The van der Waals surface area contributed by atoms with Gasteiger partial charge in [-0.15, -0.1) is 0 Å². The maximum Gasteiger partial charge on any atom is 0.252 e. The van der Waals surface area contributed by atoms with Gasteiger partial charge in [0.25, 0.3) is 5.91 Å². The summed E-state index contributed by atoms with van der Waals surface area (Å²) < 4.78 is 0. The van der Waals surface area contributed by atoms with E-state index in [1.807, 2.05) is 6.07 Å². The van der Waals surface area contributed by atoms with Crippen LogP contribution in [-0.2, 0) is 5.54 Å². The Morgan fingerprint density at radius 2 is 1.85 bits per heavy atom. The second-order valence-electron chi connectivity index (χ2n) is 4.90. The number of carbonyl (C=O) groups is 1. The van der Waals surface area contributed by atoms with Gasteiger partial charge in [-0.05, 0) is 42.7 Å². The molecular formula is C15H12Cl2N2O. The van der Waals surface area contributed by atoms with Gasteiger partial charge in [0.05, 0.1) is 5.54 Å². The number of aromatic nitrogens is 1. The molecule has 102 valence electrons. The zero-order chi connectivity index (χ0) is 14.2. The Hall–Kier alpha value is -1.58. The van der Waals surface area contributed by atoms with Gasteiger partial charge < -0.3 is 5.32 Å². The predicted molar refractivity (Wildman–Crippen MR) is 79.1 cm³/mol. The van der Waals surface area contributed by atoms with Gasteiger partial charge in [0, 0.05) is 28.0 Å². The number of carbonyl (C=O) groups excluding carboxylic acids is 1. The van der Waals surface area contributed by atoms with Crippen molar-refractivity contribution in [2.45, 2.75) is 18.4 Å². The van der Waals surface area contributed by atoms with E-state index in [4.69, 9.17) is 23.2 Å². The lowest BCUT2D eigenvalue weighted by Gasteiger charge is -2.19. The van der Waals surface area contributed by atoms with Gasteiger partial charge in [-0.3, -0.25) is 9.78 Å². The van der Waals surface area contributed by atoms with Crippen LogP contribution < -0.4 is 5.32 Å². The maximum absolute atomic E-state index is 12.2. The molecule has 1 fully saturated rings. The van der Waals surface area contributed by atoms with Crippen molar-refractivity contribution in [1.29, 1.82) is 0 Å². The molecule has 1 N–H and O–H groups in total. The molecular weight excluding hydrogens is 295 g/mol. The molecule has 2 aromatic rings. The fourth-order valence-electron chi connectivity index (χ4n) is 2.26. The first kappa shape index (κ1) is 13.4. The minimum Gasteiger partial charge on any atom is -0.342 e. The van der Waals surface area contributed by atoms with Crippen molar-refractivity contribution in [3.05, 3.63) is 63.9 Å². The summed E-state index contributed by atoms with van der Waals surface area (Å²) in [6.45, 7) is 0. The number of halogens is 2. The van der Waals surface area contributed by atoms with Gasteiger partial charge in [-0.2, -0.15) is 0 Å². The first-order valence-electron chi connectivity index (χ1n) is 6.29. The minimum absolute atomic E-state index is 0.115. The van der Waals surface area contributed by atoms with Crippen molar-refractivity contribution in [3.8, 4) is 0 Å². The van der Waals surface area contributed by atoms with Crippen molar-refractivity contribution in [2.24, 2.45) is 0 Å². The van der Waals surface area contributed by atoms with Crippen LogP contribution >= 0.6 is 23.2 Å². The lowest BCUT2D eigenvalue weighted by Crippen LogP contribution is -2.35. The van der Waals surface area contributed by atoms with Crippen LogP contribution in [0.2, 0.25) is 10.0 Å². The molecule has 0 unspecified atom stereocenters. The molecule has 3 nitrogen and oxygen atoms in total. The van der Waals surface area contributed by atoms with Crippen LogP contribution in [0, 0.1) is 0 Å². The van der Waals surface area contributed by atoms with Crippen LogP contribution in [0.1, 0.15) is 28.8 Å². The SMILES string of the molecule is O=C(NC1(c2ccc(Cl)cc2Cl)CC1)c1ccncc1. The predicted octanol–water partition coefficient (Wildman–Crippen LogP) is 3.81. The fraction of sp³-hybridized carbons (Fsp3) is 0.200. The number of nitrogens with zero attached hydrogens (tertiary/aromatic N) is 1. The van der Waals surface area contributed by atoms with Crippen LogP contribution in [0.15, 0.2) is 42.7 Å². The van der Waals surface area contributed by atoms with Gasteiger partial charge in [0.15, 0.2) is 0 Å². The first-order chi connectivity index (χ1) is 9.61. The Morgan fingerprint density at radius 1 is 1.15 bits per heavy atom. The lowest BCUT2D eigenvalue weighted by atomic mass is 10.0. The highest BCUT2D eigenvalue weighted by molar-refractivity contribution is 6.35. The monoisotopic (exact) mass is 306 g/mol. The Kier molecular flexibility index (Phi) is 3.40. The summed E-state index contributed by atoms with van der Waals surface area (Å²) in [6, 6.07) is 8.76. The smallest absolute Gasteiger partial charge is 0.252 e. The van der Waals surface area contributed by atoms with Crippen LogP contribution in [0.3, 0.4) is 0 Å². The van der Waals surface area contributed by atoms with Crippen LogP contribution in [0.5, 0.6) is 0 Å². The number of nitrogens with one attached hydrogen (secondary N) is 1. The topological polar surface area (TPSA) is 42.0 Å². The van der Waals surface area contributed by atoms with Gasteiger partial charge in [0.1, 0.15) is 0 Å². The largest absolute Gasteiger partial charge is 0.342 e. The fourth-order valence-corrected chi connectivity index (χ4v) is 2.85. The molecule has 0 saturated heterocycles. The molecule has 20 heavy (non-hydrogen) atoms. The summed E-state index contributed by atoms with van der Waals surface area (Å²) in [4.78, 5) is 16.1. The average Bonchev–Trinajstić information content (AvgIpc) is 3.20. The van der Waals surface area contributed by atoms with Gasteiger partial charge >= 0.3 is 0 Å². The van der Waals surface area contributed by atoms with Crippen LogP contribution in [-0.4, -0.2) is 10.9 Å². The number of hydrogen-bond acceptors (Lipinski definition) is 2. The molecule has 1 aliphatic rings. The second-order valence-corrected chi connectivity index (χ2v) is 5.74. The summed E-state index contributed by atoms with van der Waals surface area (Å²) in [5.74, 6) is -0.115. The summed E-state index contributed by atoms with van der Waals surface area (Å²) in [6.07, 6.45) is 4.96. The van der Waals surface area contributed by atoms with E-state index in [1.165, 1.54) is 0 Å². The van der Waals surface area contributed by atoms with E-state index in [-0.39, 0.29) is 11.4 Å². The van der Waals surface area contributed by atoms with E-state index < -0.39 is 0 Å². The summed E-state index contributed by atoms with van der Waals surface area (Å²) >= 11 is 12.1. The second kappa shape index (κ2) is 5.08. The third-order valence-electron chi connectivity index (χ3n) is 3.49. The normalized spacial score (nSPS) is 15.7. The highest BCUT2D eigenvalue weighted by Gasteiger charge is 2.47. The zero-order valence-electron chi connectivity index (χ0n) is 10.6. The summed E-state index contributed by atoms with van der Waals surface area (Å²) in [5.41, 5.74) is 1.16. The highest BCUT2D eigenvalue weighted by Crippen LogP contribution is 2.48. The third-order valence-corrected chi connectivity index (χ3v) is 4.04. The van der Waals surface area contributed by atoms with E-state index in [9.17, 15) is 4.79 Å². The highest BCUT2D eigenvalue weighted by atomic mass is 35.5. The number of pyridine rings is 1. The Bertz CT molecular complexity index is 654. The average molecular weight is 307 g/mol. The van der Waals surface area contributed by atoms with Crippen molar-refractivity contribution >= 4 is 29.1 Å². The van der Waals surface area contributed by atoms with Crippen molar-refractivity contribution in [1.82, 2.24) is 10.3 Å². The molecule has 0 radical (unpaired) electrons. The number of benzene rings is 1. The third kappa shape index (κ3) is 2.51. The van der Waals surface area contributed by atoms with E-state index in [0.29, 0.717) is 15.6 Å². The van der Waals surface area contributed by atoms with E-state index in [0.717, 1.165) is 18.4 Å². The Balaban J connectivity index is 1.85. The lowest BCUT2D eigenvalue weighted by molar-refractivity contribution is 0.0931. The number of hydrogen-bond donors (Lipinski definition) is 1. The summed E-state index contributed by atoms with van der Waals surface area (Å²) in [5, 5.41) is 4.25. The minimum atomic E-state index is -0.359. The molecule has 1 heterocycles. The van der Waals surface area contributed by atoms with Gasteiger partial charge in [-0.25, -0.2) is 0 Å². The first-order valence-corrected chi connectivity index (χ1v) is 7.04. The molecule has 1 saturated carbocycles. The molecule has 5 heteroatoms. The van der Waals surface area contributed by atoms with Crippen LogP contribution in [0.4, 0.5) is 0 Å². The maximum atomic E-state index is 12.2. The molecule has 1 aromatic heterocycles. The van der Waals surface area contributed by atoms with E-state index in [1.54, 1.807) is 36.7 Å². The molecule has 0 spiro atoms. The van der Waals surface area contributed by atoms with E-state index >= 15 is 0 Å². The molecule has 0 atom stereocenters. The van der Waals surface area contributed by atoms with Gasteiger partial charge in [0.2, 0.25) is 0 Å². The van der Waals surface area contributed by atoms with Crippen molar-refractivity contribution in [2.75, 3.05) is 0 Å². The Labute approximate surface area is 126 Å². The zero-order valence-corrected chi connectivity index (χ0v) is 12.1. The Morgan fingerprint density at radius 3 is 2.45 bits per heavy atom. The van der Waals surface area contributed by atoms with Crippen molar-refractivity contribution in [3.63, 3.8) is 0 Å². The van der Waals surface area contributed by atoms with Crippen LogP contribution in [0.25, 0.3) is 0 Å². The van der Waals surface area contributed by atoms with E-state index in [2.05, 4.69) is 10.3 Å². The molecule has 1 aliphatic carbocycles. The molecule has 3 rings (SSSR count). The number of amides is 1. The van der Waals surface area contributed by atoms with Gasteiger partial charge in [-0.1, -0.05) is 29.3 Å². The molecule has 0 bridgehead atoms. The quantitative estimate of drug-likeness (QED) is 0.937. The van der Waals surface area contributed by atoms with Crippen molar-refractivity contribution < 1.29 is 4.79 Å². The summed E-state index contributed by atoms with van der Waals surface area (Å²) in [7, 11) is 0. The molecule has 1 amide bonds. The number of rotatable bonds is 3. The standard InChI is InChI=1S/C15H12Cl2N2O/c16-11-1-2-12(13(17)9-11)15(5-6-15)19-14(20)10-3-7-18-8-4-10/h1-4,7-9H,5-6H2,(H,19,20).